The summed E-state index contributed by atoms with van der Waals surface area (Å²) in [6.07, 6.45) is -4.13. The van der Waals surface area contributed by atoms with E-state index in [2.05, 4.69) is 19.9 Å². The Morgan fingerprint density at radius 3 is 2.71 bits per heavy atom. The van der Waals surface area contributed by atoms with E-state index >= 15 is 0 Å². The summed E-state index contributed by atoms with van der Waals surface area (Å²) in [5.41, 5.74) is 8.43. The van der Waals surface area contributed by atoms with Crippen molar-refractivity contribution in [2.45, 2.75) is 36.9 Å². The minimum atomic E-state index is -1.43. The highest BCUT2D eigenvalue weighted by atomic mass is 16.5. The lowest BCUT2D eigenvalue weighted by Crippen LogP contribution is -2.55. The van der Waals surface area contributed by atoms with Gasteiger partial charge in [0.15, 0.2) is 11.5 Å². The normalized spacial score (nSPS) is 27.9. The van der Waals surface area contributed by atoms with Gasteiger partial charge in [-0.2, -0.15) is 0 Å². The Kier molecular flexibility index (Phi) is 4.96. The molecule has 1 aliphatic rings. The summed E-state index contributed by atoms with van der Waals surface area (Å²) < 4.78 is 5.61. The van der Waals surface area contributed by atoms with Crippen molar-refractivity contribution in [2.75, 3.05) is 12.3 Å². The molecule has 7 N–H and O–H groups in total. The van der Waals surface area contributed by atoms with Crippen molar-refractivity contribution in [3.8, 4) is 0 Å². The van der Waals surface area contributed by atoms with E-state index in [-0.39, 0.29) is 0 Å². The van der Waals surface area contributed by atoms with Gasteiger partial charge >= 0.3 is 0 Å². The summed E-state index contributed by atoms with van der Waals surface area (Å²) in [4.78, 5) is 15.6. The smallest absolute Gasteiger partial charge is 0.183 e. The second kappa shape index (κ2) is 7.41. The van der Waals surface area contributed by atoms with Crippen molar-refractivity contribution in [3.63, 3.8) is 0 Å². The number of benzene rings is 1. The van der Waals surface area contributed by atoms with Crippen LogP contribution in [0.25, 0.3) is 11.2 Å². The fourth-order valence-corrected chi connectivity index (χ4v) is 3.42. The lowest BCUT2D eigenvalue weighted by Gasteiger charge is -2.40. The highest BCUT2D eigenvalue weighted by molar-refractivity contribution is 5.80. The van der Waals surface area contributed by atoms with Crippen molar-refractivity contribution in [1.82, 2.24) is 19.9 Å². The summed E-state index contributed by atoms with van der Waals surface area (Å²) >= 11 is 0. The number of hydrogen-bond donors (Lipinski definition) is 6. The number of aliphatic hydroxyl groups is 4. The summed E-state index contributed by atoms with van der Waals surface area (Å²) in [6.45, 7) is -0.474. The fourth-order valence-electron chi connectivity index (χ4n) is 3.42. The molecule has 10 nitrogen and oxygen atoms in total. The van der Waals surface area contributed by atoms with Crippen LogP contribution in [0.2, 0.25) is 0 Å². The van der Waals surface area contributed by atoms with Gasteiger partial charge in [0.2, 0.25) is 0 Å². The number of aliphatic hydroxyl groups excluding tert-OH is 4. The molecule has 10 heteroatoms. The Labute approximate surface area is 159 Å². The number of nitrogens with two attached hydrogens (primary N) is 1. The number of rotatable bonds is 4. The molecule has 28 heavy (non-hydrogen) atoms. The summed E-state index contributed by atoms with van der Waals surface area (Å²) in [5, 5.41) is 39.6. The number of aromatic amines is 1. The standard InChI is InChI=1S/C18H21N5O5/c19-17-12-18(21-7-20-12)23-11(22-17)5-8-2-1-3-9(4-8)16-15(27)14(26)13(25)10(6-24)28-16/h1-4,7,10,13-16,24-27H,5-6H2,(H3,19,20,21,22,23)/t10-,13-,14+,15-,16?/m1/s1. The first-order valence-electron chi connectivity index (χ1n) is 8.82. The molecule has 0 spiro atoms. The van der Waals surface area contributed by atoms with E-state index < -0.39 is 37.1 Å². The van der Waals surface area contributed by atoms with Gasteiger partial charge in [0, 0.05) is 6.42 Å². The molecule has 2 aromatic heterocycles. The minimum Gasteiger partial charge on any atom is -0.394 e. The van der Waals surface area contributed by atoms with Crippen LogP contribution in [-0.2, 0) is 11.2 Å². The Morgan fingerprint density at radius 1 is 1.11 bits per heavy atom. The second-order valence-electron chi connectivity index (χ2n) is 6.80. The number of fused-ring (bicyclic) bond motifs is 1. The predicted molar refractivity (Wildman–Crippen MR) is 98.1 cm³/mol. The minimum absolute atomic E-state index is 0.308. The van der Waals surface area contributed by atoms with Gasteiger partial charge in [-0.05, 0) is 11.1 Å². The molecule has 0 bridgehead atoms. The highest BCUT2D eigenvalue weighted by Gasteiger charge is 2.43. The van der Waals surface area contributed by atoms with Crippen LogP contribution in [0.5, 0.6) is 0 Å². The summed E-state index contributed by atoms with van der Waals surface area (Å²) in [5.74, 6) is 0.797. The molecule has 1 fully saturated rings. The van der Waals surface area contributed by atoms with Gasteiger partial charge in [-0.25, -0.2) is 15.0 Å². The Morgan fingerprint density at radius 2 is 1.93 bits per heavy atom. The SMILES string of the molecule is Nc1nc(Cc2cccc(C3O[C@H](CO)[C@@H](O)[C@H](O)[C@H]3O)c2)nc2nc[nH]c12. The molecule has 5 atom stereocenters. The first kappa shape index (κ1) is 18.7. The zero-order chi connectivity index (χ0) is 19.8. The molecule has 148 valence electrons. The molecule has 0 radical (unpaired) electrons. The number of nitrogens with zero attached hydrogens (tertiary/aromatic N) is 3. The molecule has 1 aliphatic heterocycles. The Bertz CT molecular complexity index is 978. The number of nitrogen functional groups attached to an aromatic ring is 1. The van der Waals surface area contributed by atoms with Crippen LogP contribution in [0.1, 0.15) is 23.1 Å². The van der Waals surface area contributed by atoms with Gasteiger partial charge in [-0.1, -0.05) is 24.3 Å². The number of ether oxygens (including phenoxy) is 1. The van der Waals surface area contributed by atoms with Crippen LogP contribution >= 0.6 is 0 Å². The average Bonchev–Trinajstić information content (AvgIpc) is 3.16. The Hall–Kier alpha value is -2.63. The molecule has 0 amide bonds. The van der Waals surface area contributed by atoms with Crippen LogP contribution in [-0.4, -0.2) is 71.4 Å². The van der Waals surface area contributed by atoms with E-state index in [0.717, 1.165) is 5.56 Å². The molecule has 1 unspecified atom stereocenters. The molecule has 3 aromatic rings. The summed E-state index contributed by atoms with van der Waals surface area (Å²) in [7, 11) is 0. The first-order valence-corrected chi connectivity index (χ1v) is 8.82. The van der Waals surface area contributed by atoms with Crippen LogP contribution in [0.3, 0.4) is 0 Å². The highest BCUT2D eigenvalue weighted by Crippen LogP contribution is 2.32. The third-order valence-electron chi connectivity index (χ3n) is 4.89. The van der Waals surface area contributed by atoms with Crippen molar-refractivity contribution >= 4 is 17.0 Å². The topological polar surface area (TPSA) is 171 Å². The van der Waals surface area contributed by atoms with Gasteiger partial charge < -0.3 is 35.9 Å². The molecular formula is C18H21N5O5. The van der Waals surface area contributed by atoms with Crippen molar-refractivity contribution < 1.29 is 25.2 Å². The molecule has 0 saturated carbocycles. The largest absolute Gasteiger partial charge is 0.394 e. The lowest BCUT2D eigenvalue weighted by molar-refractivity contribution is -0.231. The maximum absolute atomic E-state index is 10.3. The molecular weight excluding hydrogens is 366 g/mol. The van der Waals surface area contributed by atoms with Crippen LogP contribution in [0.15, 0.2) is 30.6 Å². The number of H-pyrrole nitrogens is 1. The van der Waals surface area contributed by atoms with E-state index in [4.69, 9.17) is 10.5 Å². The number of imidazole rings is 1. The zero-order valence-corrected chi connectivity index (χ0v) is 14.8. The van der Waals surface area contributed by atoms with E-state index in [0.29, 0.717) is 34.8 Å². The van der Waals surface area contributed by atoms with Crippen molar-refractivity contribution in [3.05, 3.63) is 47.5 Å². The van der Waals surface area contributed by atoms with E-state index in [1.54, 1.807) is 18.2 Å². The van der Waals surface area contributed by atoms with Gasteiger partial charge in [-0.3, -0.25) is 0 Å². The van der Waals surface area contributed by atoms with E-state index in [9.17, 15) is 20.4 Å². The van der Waals surface area contributed by atoms with E-state index in [1.807, 2.05) is 6.07 Å². The van der Waals surface area contributed by atoms with Gasteiger partial charge in [0.25, 0.3) is 0 Å². The monoisotopic (exact) mass is 387 g/mol. The third-order valence-corrected chi connectivity index (χ3v) is 4.89. The zero-order valence-electron chi connectivity index (χ0n) is 14.8. The molecule has 1 saturated heterocycles. The lowest BCUT2D eigenvalue weighted by atomic mass is 9.90. The molecule has 0 aliphatic carbocycles. The fraction of sp³-hybridized carbons (Fsp3) is 0.389. The predicted octanol–water partition coefficient (Wildman–Crippen LogP) is -0.959. The third kappa shape index (κ3) is 3.32. The van der Waals surface area contributed by atoms with Crippen LogP contribution < -0.4 is 5.73 Å². The quantitative estimate of drug-likeness (QED) is 0.330. The Balaban J connectivity index is 1.60. The maximum Gasteiger partial charge on any atom is 0.183 e. The number of nitrogens with one attached hydrogen (secondary N) is 1. The molecule has 4 rings (SSSR count). The van der Waals surface area contributed by atoms with Gasteiger partial charge in [0.05, 0.1) is 12.9 Å². The van der Waals surface area contributed by atoms with E-state index in [1.165, 1.54) is 6.33 Å². The summed E-state index contributed by atoms with van der Waals surface area (Å²) in [6, 6.07) is 7.17. The molecule has 1 aromatic carbocycles. The maximum atomic E-state index is 10.3. The van der Waals surface area contributed by atoms with Gasteiger partial charge in [-0.15, -0.1) is 0 Å². The van der Waals surface area contributed by atoms with Crippen LogP contribution in [0, 0.1) is 0 Å². The first-order chi connectivity index (χ1) is 13.5. The average molecular weight is 387 g/mol. The number of hydrogen-bond acceptors (Lipinski definition) is 9. The number of aromatic nitrogens is 4. The molecule has 3 heterocycles. The van der Waals surface area contributed by atoms with Gasteiger partial charge in [0.1, 0.15) is 41.9 Å². The second-order valence-corrected chi connectivity index (χ2v) is 6.80. The van der Waals surface area contributed by atoms with Crippen molar-refractivity contribution in [2.24, 2.45) is 0 Å². The number of anilines is 1. The van der Waals surface area contributed by atoms with Crippen molar-refractivity contribution in [1.29, 1.82) is 0 Å². The van der Waals surface area contributed by atoms with Crippen LogP contribution in [0.4, 0.5) is 5.82 Å².